The second kappa shape index (κ2) is 6.41. The van der Waals surface area contributed by atoms with Gasteiger partial charge in [-0.1, -0.05) is 0 Å². The van der Waals surface area contributed by atoms with Gasteiger partial charge in [-0.05, 0) is 30.7 Å². The number of ether oxygens (including phenoxy) is 2. The molecule has 0 atom stereocenters. The van der Waals surface area contributed by atoms with Crippen LogP contribution >= 0.6 is 0 Å². The summed E-state index contributed by atoms with van der Waals surface area (Å²) in [6.07, 6.45) is 0. The summed E-state index contributed by atoms with van der Waals surface area (Å²) in [5.41, 5.74) is -0.105. The van der Waals surface area contributed by atoms with E-state index in [4.69, 9.17) is 9.47 Å². The summed E-state index contributed by atoms with van der Waals surface area (Å²) >= 11 is 0. The zero-order valence-corrected chi connectivity index (χ0v) is 13.5. The molecule has 0 radical (unpaired) electrons. The second-order valence-electron chi connectivity index (χ2n) is 4.70. The fourth-order valence-electron chi connectivity index (χ4n) is 2.03. The molecule has 0 heterocycles. The summed E-state index contributed by atoms with van der Waals surface area (Å²) in [6, 6.07) is 5.25. The Labute approximate surface area is 132 Å². The fraction of sp³-hybridized carbons (Fsp3) is 0.200. The number of sulfonamides is 1. The molecule has 0 unspecified atom stereocenters. The summed E-state index contributed by atoms with van der Waals surface area (Å²) < 4.78 is 63.9. The molecule has 1 N–H and O–H groups in total. The Hall–Kier alpha value is -2.35. The molecule has 0 fully saturated rings. The number of nitrogens with one attached hydrogen (secondary N) is 1. The molecular formula is C15H15F2NO4S. The van der Waals surface area contributed by atoms with Crippen molar-refractivity contribution < 1.29 is 26.7 Å². The van der Waals surface area contributed by atoms with Gasteiger partial charge in [-0.15, -0.1) is 0 Å². The molecule has 0 saturated heterocycles. The molecular weight excluding hydrogens is 328 g/mol. The molecule has 0 amide bonds. The highest BCUT2D eigenvalue weighted by molar-refractivity contribution is 7.92. The zero-order chi connectivity index (χ0) is 17.2. The minimum absolute atomic E-state index is 0.126. The van der Waals surface area contributed by atoms with E-state index in [0.717, 1.165) is 18.2 Å². The predicted octanol–water partition coefficient (Wildman–Crippen LogP) is 3.09. The largest absolute Gasteiger partial charge is 0.493 e. The molecule has 0 bridgehead atoms. The number of methoxy groups -OCH3 is 2. The topological polar surface area (TPSA) is 64.6 Å². The lowest BCUT2D eigenvalue weighted by atomic mass is 10.2. The predicted molar refractivity (Wildman–Crippen MR) is 81.4 cm³/mol. The number of halogens is 2. The van der Waals surface area contributed by atoms with Gasteiger partial charge in [-0.2, -0.15) is 0 Å². The van der Waals surface area contributed by atoms with E-state index in [1.807, 2.05) is 4.72 Å². The third-order valence-corrected chi connectivity index (χ3v) is 4.65. The van der Waals surface area contributed by atoms with Crippen molar-refractivity contribution in [1.29, 1.82) is 0 Å². The Morgan fingerprint density at radius 1 is 1.00 bits per heavy atom. The lowest BCUT2D eigenvalue weighted by molar-refractivity contribution is 0.353. The van der Waals surface area contributed by atoms with E-state index in [2.05, 4.69) is 0 Å². The number of rotatable bonds is 5. The average Bonchev–Trinajstić information content (AvgIpc) is 2.50. The van der Waals surface area contributed by atoms with Crippen LogP contribution in [0.4, 0.5) is 14.5 Å². The molecule has 2 rings (SSSR count). The van der Waals surface area contributed by atoms with Gasteiger partial charge in [0.15, 0.2) is 11.5 Å². The SMILES string of the molecule is COc1cc(C)c(S(=O)(=O)Nc2cc(F)ccc2F)cc1OC. The van der Waals surface area contributed by atoms with Gasteiger partial charge in [0, 0.05) is 12.1 Å². The normalized spacial score (nSPS) is 11.2. The zero-order valence-electron chi connectivity index (χ0n) is 12.7. The molecule has 124 valence electrons. The number of hydrogen-bond donors (Lipinski definition) is 1. The van der Waals surface area contributed by atoms with Crippen LogP contribution < -0.4 is 14.2 Å². The minimum Gasteiger partial charge on any atom is -0.493 e. The third kappa shape index (κ3) is 3.53. The van der Waals surface area contributed by atoms with Crippen molar-refractivity contribution in [3.05, 3.63) is 47.5 Å². The van der Waals surface area contributed by atoms with Gasteiger partial charge in [0.05, 0.1) is 24.8 Å². The van der Waals surface area contributed by atoms with E-state index in [9.17, 15) is 17.2 Å². The van der Waals surface area contributed by atoms with E-state index in [1.165, 1.54) is 26.4 Å². The van der Waals surface area contributed by atoms with Crippen LogP contribution in [0.5, 0.6) is 11.5 Å². The van der Waals surface area contributed by atoms with Crippen LogP contribution in [0.2, 0.25) is 0 Å². The summed E-state index contributed by atoms with van der Waals surface area (Å²) in [6.45, 7) is 1.55. The number of hydrogen-bond acceptors (Lipinski definition) is 4. The van der Waals surface area contributed by atoms with Crippen molar-refractivity contribution in [1.82, 2.24) is 0 Å². The van der Waals surface area contributed by atoms with Crippen LogP contribution in [0, 0.1) is 18.6 Å². The first-order chi connectivity index (χ1) is 10.8. The molecule has 0 aromatic heterocycles. The maximum atomic E-state index is 13.6. The number of aryl methyl sites for hydroxylation is 1. The van der Waals surface area contributed by atoms with Gasteiger partial charge in [0.2, 0.25) is 0 Å². The minimum atomic E-state index is -4.13. The first-order valence-electron chi connectivity index (χ1n) is 6.49. The fourth-order valence-corrected chi connectivity index (χ4v) is 3.33. The van der Waals surface area contributed by atoms with Crippen molar-refractivity contribution in [3.63, 3.8) is 0 Å². The van der Waals surface area contributed by atoms with Gasteiger partial charge < -0.3 is 9.47 Å². The highest BCUT2D eigenvalue weighted by Gasteiger charge is 2.22. The van der Waals surface area contributed by atoms with Crippen LogP contribution in [-0.4, -0.2) is 22.6 Å². The van der Waals surface area contributed by atoms with E-state index in [0.29, 0.717) is 11.3 Å². The highest BCUT2D eigenvalue weighted by atomic mass is 32.2. The molecule has 2 aromatic rings. The third-order valence-electron chi connectivity index (χ3n) is 3.14. The number of benzene rings is 2. The van der Waals surface area contributed by atoms with Gasteiger partial charge in [0.25, 0.3) is 10.0 Å². The Balaban J connectivity index is 2.49. The molecule has 0 saturated carbocycles. The summed E-state index contributed by atoms with van der Waals surface area (Å²) in [5.74, 6) is -1.07. The lowest BCUT2D eigenvalue weighted by Crippen LogP contribution is -2.15. The van der Waals surface area contributed by atoms with Gasteiger partial charge in [0.1, 0.15) is 11.6 Å². The van der Waals surface area contributed by atoms with E-state index in [-0.39, 0.29) is 10.6 Å². The van der Waals surface area contributed by atoms with Crippen molar-refractivity contribution in [2.24, 2.45) is 0 Å². The maximum absolute atomic E-state index is 13.6. The van der Waals surface area contributed by atoms with E-state index >= 15 is 0 Å². The molecule has 5 nitrogen and oxygen atoms in total. The monoisotopic (exact) mass is 343 g/mol. The van der Waals surface area contributed by atoms with Crippen LogP contribution in [-0.2, 0) is 10.0 Å². The molecule has 0 aliphatic heterocycles. The Kier molecular flexibility index (Phi) is 4.74. The molecule has 0 aliphatic carbocycles. The van der Waals surface area contributed by atoms with Gasteiger partial charge >= 0.3 is 0 Å². The lowest BCUT2D eigenvalue weighted by Gasteiger charge is -2.14. The van der Waals surface area contributed by atoms with Gasteiger partial charge in [-0.3, -0.25) is 4.72 Å². The Morgan fingerprint density at radius 2 is 1.61 bits per heavy atom. The van der Waals surface area contributed by atoms with Crippen LogP contribution in [0.1, 0.15) is 5.56 Å². The number of anilines is 1. The Morgan fingerprint density at radius 3 is 2.22 bits per heavy atom. The Bertz CT molecular complexity index is 838. The van der Waals surface area contributed by atoms with Gasteiger partial charge in [-0.25, -0.2) is 17.2 Å². The van der Waals surface area contributed by atoms with Crippen molar-refractivity contribution in [2.75, 3.05) is 18.9 Å². The van der Waals surface area contributed by atoms with E-state index < -0.39 is 27.3 Å². The summed E-state index contributed by atoms with van der Waals surface area (Å²) in [7, 11) is -1.35. The molecule has 0 spiro atoms. The summed E-state index contributed by atoms with van der Waals surface area (Å²) in [5, 5.41) is 0. The first-order valence-corrected chi connectivity index (χ1v) is 7.97. The van der Waals surface area contributed by atoms with Crippen LogP contribution in [0.3, 0.4) is 0 Å². The van der Waals surface area contributed by atoms with Crippen molar-refractivity contribution in [3.8, 4) is 11.5 Å². The molecule has 23 heavy (non-hydrogen) atoms. The maximum Gasteiger partial charge on any atom is 0.262 e. The standard InChI is InChI=1S/C15H15F2NO4S/c1-9-6-13(21-2)14(22-3)8-15(9)23(19,20)18-12-7-10(16)4-5-11(12)17/h4-8,18H,1-3H3. The molecule has 2 aromatic carbocycles. The highest BCUT2D eigenvalue weighted by Crippen LogP contribution is 2.33. The van der Waals surface area contributed by atoms with Crippen molar-refractivity contribution >= 4 is 15.7 Å². The smallest absolute Gasteiger partial charge is 0.262 e. The van der Waals surface area contributed by atoms with Crippen molar-refractivity contribution in [2.45, 2.75) is 11.8 Å². The first kappa shape index (κ1) is 17.0. The van der Waals surface area contributed by atoms with E-state index in [1.54, 1.807) is 6.92 Å². The van der Waals surface area contributed by atoms with Crippen LogP contribution in [0.15, 0.2) is 35.2 Å². The molecule has 8 heteroatoms. The second-order valence-corrected chi connectivity index (χ2v) is 6.35. The quantitative estimate of drug-likeness (QED) is 0.906. The van der Waals surface area contributed by atoms with Crippen LogP contribution in [0.25, 0.3) is 0 Å². The average molecular weight is 343 g/mol. The molecule has 0 aliphatic rings. The summed E-state index contributed by atoms with van der Waals surface area (Å²) in [4.78, 5) is -0.126.